The van der Waals surface area contributed by atoms with Gasteiger partial charge in [-0.15, -0.1) is 0 Å². The van der Waals surface area contributed by atoms with Gasteiger partial charge in [0.2, 0.25) is 0 Å². The summed E-state index contributed by atoms with van der Waals surface area (Å²) in [7, 11) is 4.29. The van der Waals surface area contributed by atoms with Gasteiger partial charge in [-0.1, -0.05) is 18.2 Å². The number of nitrogens with one attached hydrogen (secondary N) is 1. The van der Waals surface area contributed by atoms with Crippen LogP contribution in [0.1, 0.15) is 11.8 Å². The number of nitrogens with zero attached hydrogens (tertiary/aromatic N) is 2. The molecule has 108 valence electrons. The minimum absolute atomic E-state index is 0.00449. The maximum atomic E-state index is 5.97. The van der Waals surface area contributed by atoms with Crippen molar-refractivity contribution in [1.82, 2.24) is 15.2 Å². The Morgan fingerprint density at radius 1 is 1.30 bits per heavy atom. The second-order valence-electron chi connectivity index (χ2n) is 5.64. The molecule has 0 bridgehead atoms. The third kappa shape index (κ3) is 2.45. The topological polar surface area (TPSA) is 57.7 Å². The molecule has 0 amide bonds. The molecule has 2 unspecified atom stereocenters. The fourth-order valence-electron chi connectivity index (χ4n) is 2.94. The molecule has 1 saturated heterocycles. The zero-order valence-corrected chi connectivity index (χ0v) is 12.0. The molecular weight excluding hydrogens is 252 g/mol. The number of nitrogens with two attached hydrogens (primary N) is 1. The Morgan fingerprint density at radius 3 is 2.85 bits per heavy atom. The molecule has 2 atom stereocenters. The van der Waals surface area contributed by atoms with Gasteiger partial charge in [0.1, 0.15) is 11.3 Å². The molecule has 1 aliphatic heterocycles. The molecule has 5 nitrogen and oxygen atoms in total. The predicted octanol–water partition coefficient (Wildman–Crippen LogP) is 1.18. The van der Waals surface area contributed by atoms with Crippen molar-refractivity contribution in [3.05, 3.63) is 36.1 Å². The van der Waals surface area contributed by atoms with E-state index in [4.69, 9.17) is 10.3 Å². The zero-order chi connectivity index (χ0) is 14.1. The minimum Gasteiger partial charge on any atom is -0.459 e. The van der Waals surface area contributed by atoms with E-state index >= 15 is 0 Å². The quantitative estimate of drug-likeness (QED) is 0.650. The molecule has 1 aromatic carbocycles. The molecule has 3 N–H and O–H groups in total. The number of piperazine rings is 1. The Kier molecular flexibility index (Phi) is 3.76. The number of para-hydroxylation sites is 1. The molecule has 3 rings (SSSR count). The summed E-state index contributed by atoms with van der Waals surface area (Å²) in [5.41, 5.74) is 3.85. The van der Waals surface area contributed by atoms with E-state index in [9.17, 15) is 0 Å². The van der Waals surface area contributed by atoms with E-state index in [1.165, 1.54) is 0 Å². The molecule has 20 heavy (non-hydrogen) atoms. The van der Waals surface area contributed by atoms with Crippen molar-refractivity contribution in [2.75, 3.05) is 33.7 Å². The van der Waals surface area contributed by atoms with Gasteiger partial charge in [-0.25, -0.2) is 5.43 Å². The molecule has 2 aromatic rings. The van der Waals surface area contributed by atoms with E-state index in [0.29, 0.717) is 6.04 Å². The van der Waals surface area contributed by atoms with Gasteiger partial charge < -0.3 is 9.32 Å². The molecule has 1 aromatic heterocycles. The number of furan rings is 1. The fourth-order valence-corrected chi connectivity index (χ4v) is 2.94. The van der Waals surface area contributed by atoms with E-state index in [1.54, 1.807) is 0 Å². The summed E-state index contributed by atoms with van der Waals surface area (Å²) < 4.78 is 5.97. The van der Waals surface area contributed by atoms with Crippen molar-refractivity contribution < 1.29 is 4.42 Å². The van der Waals surface area contributed by atoms with Crippen LogP contribution in [0, 0.1) is 0 Å². The average molecular weight is 274 g/mol. The van der Waals surface area contributed by atoms with E-state index in [2.05, 4.69) is 41.5 Å². The third-order valence-corrected chi connectivity index (χ3v) is 4.21. The summed E-state index contributed by atoms with van der Waals surface area (Å²) in [6.45, 7) is 3.10. The Balaban J connectivity index is 1.92. The van der Waals surface area contributed by atoms with E-state index in [-0.39, 0.29) is 6.04 Å². The molecule has 1 aliphatic rings. The first-order valence-corrected chi connectivity index (χ1v) is 7.02. The first-order valence-electron chi connectivity index (χ1n) is 7.02. The van der Waals surface area contributed by atoms with Crippen molar-refractivity contribution in [1.29, 1.82) is 0 Å². The highest BCUT2D eigenvalue weighted by molar-refractivity contribution is 5.77. The van der Waals surface area contributed by atoms with Crippen molar-refractivity contribution in [2.45, 2.75) is 12.1 Å². The van der Waals surface area contributed by atoms with Crippen LogP contribution in [-0.4, -0.2) is 49.6 Å². The fraction of sp³-hybridized carbons (Fsp3) is 0.467. The SMILES string of the molecule is CN1CCN(C)C(C(NN)c2cc3ccccc3o2)C1. The summed E-state index contributed by atoms with van der Waals surface area (Å²) in [4.78, 5) is 4.68. The van der Waals surface area contributed by atoms with Gasteiger partial charge in [-0.05, 0) is 26.2 Å². The van der Waals surface area contributed by atoms with Gasteiger partial charge in [0, 0.05) is 31.1 Å². The van der Waals surface area contributed by atoms with Gasteiger partial charge in [0.15, 0.2) is 0 Å². The van der Waals surface area contributed by atoms with Crippen LogP contribution in [0.3, 0.4) is 0 Å². The molecule has 1 fully saturated rings. The van der Waals surface area contributed by atoms with Crippen LogP contribution in [0.2, 0.25) is 0 Å². The number of rotatable bonds is 3. The molecule has 0 radical (unpaired) electrons. The van der Waals surface area contributed by atoms with Crippen LogP contribution in [0.15, 0.2) is 34.7 Å². The normalized spacial score (nSPS) is 23.2. The highest BCUT2D eigenvalue weighted by Crippen LogP contribution is 2.28. The summed E-state index contributed by atoms with van der Waals surface area (Å²) >= 11 is 0. The average Bonchev–Trinajstić information content (AvgIpc) is 2.87. The number of hydrogen-bond donors (Lipinski definition) is 2. The molecule has 0 saturated carbocycles. The number of hydrogen-bond acceptors (Lipinski definition) is 5. The zero-order valence-electron chi connectivity index (χ0n) is 12.0. The molecule has 0 aliphatic carbocycles. The maximum Gasteiger partial charge on any atom is 0.134 e. The summed E-state index contributed by atoms with van der Waals surface area (Å²) in [6, 6.07) is 10.4. The second kappa shape index (κ2) is 5.54. The standard InChI is InChI=1S/C15H22N4O/c1-18-7-8-19(2)12(10-18)15(17-16)14-9-11-5-3-4-6-13(11)20-14/h3-6,9,12,15,17H,7-8,10,16H2,1-2H3. The van der Waals surface area contributed by atoms with Crippen molar-refractivity contribution in [3.8, 4) is 0 Å². The summed E-state index contributed by atoms with van der Waals surface area (Å²) in [5.74, 6) is 6.71. The molecule has 2 heterocycles. The lowest BCUT2D eigenvalue weighted by Crippen LogP contribution is -2.55. The highest BCUT2D eigenvalue weighted by Gasteiger charge is 2.32. The number of fused-ring (bicyclic) bond motifs is 1. The van der Waals surface area contributed by atoms with Crippen molar-refractivity contribution in [3.63, 3.8) is 0 Å². The Bertz CT molecular complexity index is 549. The lowest BCUT2D eigenvalue weighted by Gasteiger charge is -2.40. The third-order valence-electron chi connectivity index (χ3n) is 4.21. The largest absolute Gasteiger partial charge is 0.459 e. The van der Waals surface area contributed by atoms with Crippen molar-refractivity contribution in [2.24, 2.45) is 5.84 Å². The molecular formula is C15H22N4O. The van der Waals surface area contributed by atoms with Crippen LogP contribution in [0.25, 0.3) is 11.0 Å². The minimum atomic E-state index is -0.00449. The Morgan fingerprint density at radius 2 is 2.10 bits per heavy atom. The predicted molar refractivity (Wildman–Crippen MR) is 80.2 cm³/mol. The monoisotopic (exact) mass is 274 g/mol. The van der Waals surface area contributed by atoms with E-state index in [0.717, 1.165) is 36.4 Å². The lowest BCUT2D eigenvalue weighted by atomic mass is 10.0. The van der Waals surface area contributed by atoms with Crippen LogP contribution in [-0.2, 0) is 0 Å². The lowest BCUT2D eigenvalue weighted by molar-refractivity contribution is 0.0820. The second-order valence-corrected chi connectivity index (χ2v) is 5.64. The molecule has 5 heteroatoms. The van der Waals surface area contributed by atoms with Gasteiger partial charge in [-0.3, -0.25) is 10.7 Å². The summed E-state index contributed by atoms with van der Waals surface area (Å²) in [5, 5.41) is 1.12. The first kappa shape index (κ1) is 13.6. The Hall–Kier alpha value is -1.40. The van der Waals surface area contributed by atoms with Crippen LogP contribution in [0.5, 0.6) is 0 Å². The number of hydrazine groups is 1. The van der Waals surface area contributed by atoms with Gasteiger partial charge >= 0.3 is 0 Å². The van der Waals surface area contributed by atoms with Crippen LogP contribution in [0.4, 0.5) is 0 Å². The van der Waals surface area contributed by atoms with E-state index in [1.807, 2.05) is 18.2 Å². The van der Waals surface area contributed by atoms with Gasteiger partial charge in [0.05, 0.1) is 6.04 Å². The number of benzene rings is 1. The number of likely N-dealkylation sites (N-methyl/N-ethyl adjacent to an activating group) is 2. The van der Waals surface area contributed by atoms with Crippen LogP contribution < -0.4 is 11.3 Å². The highest BCUT2D eigenvalue weighted by atomic mass is 16.3. The van der Waals surface area contributed by atoms with Gasteiger partial charge in [-0.2, -0.15) is 0 Å². The Labute approximate surface area is 119 Å². The first-order chi connectivity index (χ1) is 9.69. The smallest absolute Gasteiger partial charge is 0.134 e. The van der Waals surface area contributed by atoms with Crippen molar-refractivity contribution >= 4 is 11.0 Å². The van der Waals surface area contributed by atoms with E-state index < -0.39 is 0 Å². The summed E-state index contributed by atoms with van der Waals surface area (Å²) in [6.07, 6.45) is 0. The maximum absolute atomic E-state index is 5.97. The van der Waals surface area contributed by atoms with Crippen LogP contribution >= 0.6 is 0 Å². The van der Waals surface area contributed by atoms with Gasteiger partial charge in [0.25, 0.3) is 0 Å². The molecule has 0 spiro atoms.